The topological polar surface area (TPSA) is 0 Å². The van der Waals surface area contributed by atoms with E-state index in [4.69, 9.17) is 0 Å². The quantitative estimate of drug-likeness (QED) is 0.646. The van der Waals surface area contributed by atoms with Crippen molar-refractivity contribution in [3.05, 3.63) is 0 Å². The van der Waals surface area contributed by atoms with Crippen molar-refractivity contribution in [1.29, 1.82) is 0 Å². The second kappa shape index (κ2) is 5.39. The lowest BCUT2D eigenvalue weighted by molar-refractivity contribution is 0.487. The van der Waals surface area contributed by atoms with Gasteiger partial charge in [0.1, 0.15) is 0 Å². The van der Waals surface area contributed by atoms with Gasteiger partial charge in [-0.1, -0.05) is 75.5 Å². The summed E-state index contributed by atoms with van der Waals surface area (Å²) in [5.41, 5.74) is 6.44. The van der Waals surface area contributed by atoms with Crippen LogP contribution in [0.4, 0.5) is 0 Å². The van der Waals surface area contributed by atoms with E-state index in [1.165, 1.54) is 11.1 Å². The van der Waals surface area contributed by atoms with Crippen molar-refractivity contribution in [1.82, 2.24) is 0 Å². The second-order valence-corrected chi connectivity index (χ2v) is 15.5. The Labute approximate surface area is 104 Å². The number of hydrogen-bond donors (Lipinski definition) is 0. The molecule has 92 valence electrons. The molecule has 0 spiro atoms. The predicted molar refractivity (Wildman–Crippen MR) is 77.6 cm³/mol. The van der Waals surface area contributed by atoms with Gasteiger partial charge >= 0.3 is 0 Å². The fourth-order valence-corrected chi connectivity index (χ4v) is 19.3. The van der Waals surface area contributed by atoms with Crippen molar-refractivity contribution < 1.29 is 0 Å². The molecule has 3 aliphatic rings. The molecule has 0 radical (unpaired) electrons. The molecule has 1 aliphatic heterocycles. The summed E-state index contributed by atoms with van der Waals surface area (Å²) in [5.74, 6) is 0. The highest BCUT2D eigenvalue weighted by Crippen LogP contribution is 2.45. The molecule has 0 N–H and O–H groups in total. The van der Waals surface area contributed by atoms with E-state index >= 15 is 0 Å². The standard InChI is InChI=1S/C14H28Si2/c1-3-7-13(8-4-1)15-11-16(12-15)14-9-5-2-6-10-14/h13-16H,1-12H2. The lowest BCUT2D eigenvalue weighted by atomic mass is 10.0. The Balaban J connectivity index is 1.43. The van der Waals surface area contributed by atoms with Crippen LogP contribution in [0.5, 0.6) is 0 Å². The van der Waals surface area contributed by atoms with E-state index in [9.17, 15) is 0 Å². The molecule has 16 heavy (non-hydrogen) atoms. The van der Waals surface area contributed by atoms with E-state index in [0.717, 1.165) is 0 Å². The van der Waals surface area contributed by atoms with Gasteiger partial charge in [-0.2, -0.15) is 0 Å². The molecule has 0 unspecified atom stereocenters. The molecule has 0 aromatic heterocycles. The Morgan fingerprint density at radius 3 is 1.25 bits per heavy atom. The van der Waals surface area contributed by atoms with Crippen molar-refractivity contribution in [2.24, 2.45) is 0 Å². The Kier molecular flexibility index (Phi) is 3.88. The smallest absolute Gasteiger partial charge is 0.0341 e. The van der Waals surface area contributed by atoms with Gasteiger partial charge in [-0.05, 0) is 11.1 Å². The van der Waals surface area contributed by atoms with E-state index in [-0.39, 0.29) is 17.6 Å². The zero-order valence-electron chi connectivity index (χ0n) is 10.8. The van der Waals surface area contributed by atoms with Gasteiger partial charge < -0.3 is 0 Å². The van der Waals surface area contributed by atoms with Crippen LogP contribution in [0.3, 0.4) is 0 Å². The van der Waals surface area contributed by atoms with Crippen LogP contribution in [0.1, 0.15) is 64.2 Å². The van der Waals surface area contributed by atoms with Gasteiger partial charge in [0.2, 0.25) is 0 Å². The molecule has 3 rings (SSSR count). The summed E-state index contributed by atoms with van der Waals surface area (Å²) in [4.78, 5) is 0. The highest BCUT2D eigenvalue weighted by Gasteiger charge is 2.40. The lowest BCUT2D eigenvalue weighted by Crippen LogP contribution is -2.46. The molecule has 2 heteroatoms. The Bertz CT molecular complexity index is 189. The van der Waals surface area contributed by atoms with E-state index in [2.05, 4.69) is 0 Å². The first-order chi connectivity index (χ1) is 7.93. The molecule has 1 saturated heterocycles. The van der Waals surface area contributed by atoms with Crippen molar-refractivity contribution in [2.75, 3.05) is 0 Å². The molecule has 0 atom stereocenters. The molecule has 1 heterocycles. The largest absolute Gasteiger partial charge is 0.0665 e. The monoisotopic (exact) mass is 252 g/mol. The van der Waals surface area contributed by atoms with Crippen LogP contribution in [0.2, 0.25) is 22.4 Å². The fourth-order valence-electron chi connectivity index (χ4n) is 4.69. The molecule has 3 fully saturated rings. The van der Waals surface area contributed by atoms with E-state index in [1.807, 2.05) is 11.3 Å². The van der Waals surface area contributed by atoms with Crippen LogP contribution in [0.15, 0.2) is 0 Å². The first-order valence-corrected chi connectivity index (χ1v) is 12.5. The summed E-state index contributed by atoms with van der Waals surface area (Å²) in [5, 5.41) is 0. The van der Waals surface area contributed by atoms with Crippen LogP contribution < -0.4 is 0 Å². The third kappa shape index (κ3) is 2.48. The minimum Gasteiger partial charge on any atom is -0.0665 e. The first-order valence-electron chi connectivity index (χ1n) is 7.93. The predicted octanol–water partition coefficient (Wildman–Crippen LogP) is 4.20. The van der Waals surface area contributed by atoms with Gasteiger partial charge in [-0.25, -0.2) is 0 Å². The zero-order chi connectivity index (χ0) is 10.8. The van der Waals surface area contributed by atoms with Crippen molar-refractivity contribution in [3.8, 4) is 0 Å². The van der Waals surface area contributed by atoms with Gasteiger partial charge in [-0.3, -0.25) is 0 Å². The third-order valence-corrected chi connectivity index (χ3v) is 19.5. The van der Waals surface area contributed by atoms with Crippen LogP contribution in [0, 0.1) is 0 Å². The normalized spacial score (nSPS) is 38.2. The first kappa shape index (κ1) is 11.5. The van der Waals surface area contributed by atoms with Gasteiger partial charge in [0.05, 0.1) is 0 Å². The van der Waals surface area contributed by atoms with Gasteiger partial charge in [0, 0.05) is 17.6 Å². The average molecular weight is 253 g/mol. The fraction of sp³-hybridized carbons (Fsp3) is 1.00. The van der Waals surface area contributed by atoms with E-state index < -0.39 is 0 Å². The maximum absolute atomic E-state index is 1.90. The molecule has 0 aromatic carbocycles. The third-order valence-electron chi connectivity index (χ3n) is 5.84. The van der Waals surface area contributed by atoms with Gasteiger partial charge in [0.25, 0.3) is 0 Å². The molecule has 0 amide bonds. The summed E-state index contributed by atoms with van der Waals surface area (Å²) in [6.07, 6.45) is 16.1. The van der Waals surface area contributed by atoms with Gasteiger partial charge in [-0.15, -0.1) is 0 Å². The Morgan fingerprint density at radius 1 is 0.500 bits per heavy atom. The summed E-state index contributed by atoms with van der Waals surface area (Å²) in [6.45, 7) is 0. The summed E-state index contributed by atoms with van der Waals surface area (Å²) < 4.78 is 0. The second-order valence-electron chi connectivity index (χ2n) is 6.79. The van der Waals surface area contributed by atoms with Crippen LogP contribution in [-0.4, -0.2) is 17.6 Å². The van der Waals surface area contributed by atoms with Crippen LogP contribution >= 0.6 is 0 Å². The van der Waals surface area contributed by atoms with Crippen LogP contribution in [0.25, 0.3) is 0 Å². The molecule has 0 aromatic rings. The molecular weight excluding hydrogens is 224 g/mol. The molecule has 0 bridgehead atoms. The van der Waals surface area contributed by atoms with E-state index in [0.29, 0.717) is 0 Å². The lowest BCUT2D eigenvalue weighted by Gasteiger charge is -2.44. The van der Waals surface area contributed by atoms with Crippen molar-refractivity contribution in [2.45, 2.75) is 86.6 Å². The SMILES string of the molecule is C1CCC([SiH]2C[SiH](C3CCCCC3)C2)CC1. The van der Waals surface area contributed by atoms with Crippen molar-refractivity contribution >= 4 is 17.6 Å². The van der Waals surface area contributed by atoms with Crippen molar-refractivity contribution in [3.63, 3.8) is 0 Å². The van der Waals surface area contributed by atoms with Gasteiger partial charge in [0.15, 0.2) is 0 Å². The highest BCUT2D eigenvalue weighted by molar-refractivity contribution is 6.96. The van der Waals surface area contributed by atoms with Crippen LogP contribution in [-0.2, 0) is 0 Å². The maximum atomic E-state index is 1.90. The molecule has 0 nitrogen and oxygen atoms in total. The maximum Gasteiger partial charge on any atom is 0.0341 e. The highest BCUT2D eigenvalue weighted by atomic mass is 28.4. The molecule has 2 aliphatic carbocycles. The minimum atomic E-state index is -0.149. The summed E-state index contributed by atoms with van der Waals surface area (Å²) in [6, 6.07) is 0. The molecular formula is C14H28Si2. The Hall–Kier alpha value is 0.434. The Morgan fingerprint density at radius 2 is 0.875 bits per heavy atom. The summed E-state index contributed by atoms with van der Waals surface area (Å²) in [7, 11) is -0.298. The number of rotatable bonds is 2. The average Bonchev–Trinajstić information content (AvgIpc) is 2.30. The number of hydrogen-bond acceptors (Lipinski definition) is 0. The molecule has 2 saturated carbocycles. The van der Waals surface area contributed by atoms with E-state index in [1.54, 1.807) is 64.2 Å². The zero-order valence-corrected chi connectivity index (χ0v) is 13.1. The summed E-state index contributed by atoms with van der Waals surface area (Å²) >= 11 is 0. The minimum absolute atomic E-state index is 0.149.